The zero-order chi connectivity index (χ0) is 21.9. The second-order valence-electron chi connectivity index (χ2n) is 8.42. The number of aromatic nitrogens is 2. The summed E-state index contributed by atoms with van der Waals surface area (Å²) in [5.41, 5.74) is 1.42. The number of aliphatic hydroxyl groups is 1. The monoisotopic (exact) mass is 426 g/mol. The molecule has 7 nitrogen and oxygen atoms in total. The highest BCUT2D eigenvalue weighted by atomic mass is 16.3. The second kappa shape index (κ2) is 12.3. The first-order valence-electron chi connectivity index (χ1n) is 11.6. The predicted octanol–water partition coefficient (Wildman–Crippen LogP) is 3.51. The molecule has 3 rings (SSSR count). The number of hydrogen-bond acceptors (Lipinski definition) is 5. The highest BCUT2D eigenvalue weighted by Gasteiger charge is 2.24. The third kappa shape index (κ3) is 7.28. The fourth-order valence-corrected chi connectivity index (χ4v) is 4.10. The van der Waals surface area contributed by atoms with Gasteiger partial charge in [0.1, 0.15) is 11.7 Å². The second-order valence-corrected chi connectivity index (χ2v) is 8.42. The molecule has 0 saturated heterocycles. The molecule has 1 aromatic carbocycles. The lowest BCUT2D eigenvalue weighted by atomic mass is 9.97. The molecule has 1 aliphatic rings. The van der Waals surface area contributed by atoms with Crippen LogP contribution in [0, 0.1) is 0 Å². The van der Waals surface area contributed by atoms with Gasteiger partial charge in [-0.05, 0) is 25.0 Å². The lowest BCUT2D eigenvalue weighted by Crippen LogP contribution is -2.51. The van der Waals surface area contributed by atoms with Gasteiger partial charge in [-0.2, -0.15) is 0 Å². The first kappa shape index (κ1) is 23.1. The van der Waals surface area contributed by atoms with Gasteiger partial charge in [-0.1, -0.05) is 69.9 Å². The van der Waals surface area contributed by atoms with Crippen LogP contribution in [0.15, 0.2) is 30.5 Å². The summed E-state index contributed by atoms with van der Waals surface area (Å²) in [4.78, 5) is 33.9. The molecule has 1 fully saturated rings. The van der Waals surface area contributed by atoms with Crippen molar-refractivity contribution in [2.24, 2.45) is 0 Å². The summed E-state index contributed by atoms with van der Waals surface area (Å²) in [6, 6.07) is 6.34. The van der Waals surface area contributed by atoms with Crippen molar-refractivity contribution in [1.29, 1.82) is 0 Å². The SMILES string of the molecule is O=C(N[C@@H](CO)C(=O)NC1CCCCCCCCCCC1)c1cnc2ccccc2n1. The third-order valence-corrected chi connectivity index (χ3v) is 5.94. The Hall–Kier alpha value is -2.54. The van der Waals surface area contributed by atoms with E-state index < -0.39 is 18.6 Å². The molecule has 2 amide bonds. The largest absolute Gasteiger partial charge is 0.394 e. The molecule has 1 aromatic heterocycles. The number of carbonyl (C=O) groups is 2. The van der Waals surface area contributed by atoms with Crippen LogP contribution in [0.5, 0.6) is 0 Å². The Bertz CT molecular complexity index is 846. The number of nitrogens with one attached hydrogen (secondary N) is 2. The van der Waals surface area contributed by atoms with Crippen molar-refractivity contribution in [2.45, 2.75) is 82.7 Å². The van der Waals surface area contributed by atoms with Gasteiger partial charge in [-0.25, -0.2) is 4.98 Å². The number of fused-ring (bicyclic) bond motifs is 1. The van der Waals surface area contributed by atoms with Crippen molar-refractivity contribution in [2.75, 3.05) is 6.61 Å². The van der Waals surface area contributed by atoms with Gasteiger partial charge in [0.25, 0.3) is 5.91 Å². The Morgan fingerprint density at radius 2 is 1.52 bits per heavy atom. The maximum atomic E-state index is 12.8. The van der Waals surface area contributed by atoms with E-state index in [9.17, 15) is 14.7 Å². The van der Waals surface area contributed by atoms with E-state index in [-0.39, 0.29) is 17.6 Å². The highest BCUT2D eigenvalue weighted by Crippen LogP contribution is 2.17. The summed E-state index contributed by atoms with van der Waals surface area (Å²) in [5, 5.41) is 15.4. The molecule has 168 valence electrons. The van der Waals surface area contributed by atoms with Crippen molar-refractivity contribution in [3.63, 3.8) is 0 Å². The number of amides is 2. The van der Waals surface area contributed by atoms with Gasteiger partial charge in [0.05, 0.1) is 23.8 Å². The van der Waals surface area contributed by atoms with Gasteiger partial charge in [0.15, 0.2) is 0 Å². The Labute approximate surface area is 184 Å². The highest BCUT2D eigenvalue weighted by molar-refractivity contribution is 5.97. The molecule has 7 heteroatoms. The topological polar surface area (TPSA) is 104 Å². The van der Waals surface area contributed by atoms with Crippen molar-refractivity contribution in [1.82, 2.24) is 20.6 Å². The minimum Gasteiger partial charge on any atom is -0.394 e. The quantitative estimate of drug-likeness (QED) is 0.679. The molecule has 3 N–H and O–H groups in total. The zero-order valence-corrected chi connectivity index (χ0v) is 18.2. The van der Waals surface area contributed by atoms with Crippen molar-refractivity contribution < 1.29 is 14.7 Å². The molecule has 0 bridgehead atoms. The Balaban J connectivity index is 1.57. The van der Waals surface area contributed by atoms with Crippen LogP contribution in [0.25, 0.3) is 11.0 Å². The standard InChI is InChI=1S/C24H34N4O3/c29-17-22(28-23(30)21-16-25-19-14-10-11-15-20(19)27-21)24(31)26-18-12-8-6-4-2-1-3-5-7-9-13-18/h10-11,14-16,18,22,29H,1-9,12-13,17H2,(H,26,31)(H,28,30)/t22-/m0/s1. The molecule has 0 aliphatic heterocycles. The predicted molar refractivity (Wildman–Crippen MR) is 121 cm³/mol. The molecule has 31 heavy (non-hydrogen) atoms. The first-order chi connectivity index (χ1) is 15.2. The van der Waals surface area contributed by atoms with E-state index in [0.29, 0.717) is 11.0 Å². The number of benzene rings is 1. The van der Waals surface area contributed by atoms with Crippen LogP contribution in [0.1, 0.15) is 81.1 Å². The summed E-state index contributed by atoms with van der Waals surface area (Å²) >= 11 is 0. The lowest BCUT2D eigenvalue weighted by molar-refractivity contribution is -0.124. The van der Waals surface area contributed by atoms with E-state index in [1.54, 1.807) is 6.07 Å². The van der Waals surface area contributed by atoms with Gasteiger partial charge in [0, 0.05) is 6.04 Å². The minimum absolute atomic E-state index is 0.0818. The fraction of sp³-hybridized carbons (Fsp3) is 0.583. The van der Waals surface area contributed by atoms with Crippen LogP contribution >= 0.6 is 0 Å². The van der Waals surface area contributed by atoms with E-state index >= 15 is 0 Å². The average molecular weight is 427 g/mol. The van der Waals surface area contributed by atoms with Gasteiger partial charge in [0.2, 0.25) is 5.91 Å². The molecule has 0 spiro atoms. The molecule has 0 radical (unpaired) electrons. The summed E-state index contributed by atoms with van der Waals surface area (Å²) in [5.74, 6) is -0.868. The Kier molecular flexibility index (Phi) is 9.21. The van der Waals surface area contributed by atoms with E-state index in [1.807, 2.05) is 18.2 Å². The smallest absolute Gasteiger partial charge is 0.272 e. The molecular formula is C24H34N4O3. The number of para-hydroxylation sites is 2. The molecule has 1 heterocycles. The number of rotatable bonds is 5. The van der Waals surface area contributed by atoms with Gasteiger partial charge in [-0.15, -0.1) is 0 Å². The van der Waals surface area contributed by atoms with Crippen LogP contribution in [0.2, 0.25) is 0 Å². The fourth-order valence-electron chi connectivity index (χ4n) is 4.10. The molecular weight excluding hydrogens is 392 g/mol. The van der Waals surface area contributed by atoms with E-state index in [0.717, 1.165) is 25.7 Å². The average Bonchev–Trinajstić information content (AvgIpc) is 2.78. The van der Waals surface area contributed by atoms with Crippen molar-refractivity contribution in [3.8, 4) is 0 Å². The lowest BCUT2D eigenvalue weighted by Gasteiger charge is -2.23. The number of aliphatic hydroxyl groups excluding tert-OH is 1. The molecule has 1 atom stereocenters. The summed E-state index contributed by atoms with van der Waals surface area (Å²) in [6.07, 6.45) is 14.3. The van der Waals surface area contributed by atoms with Gasteiger partial charge in [-0.3, -0.25) is 14.6 Å². The van der Waals surface area contributed by atoms with Crippen molar-refractivity contribution >= 4 is 22.8 Å². The van der Waals surface area contributed by atoms with Crippen LogP contribution < -0.4 is 10.6 Å². The van der Waals surface area contributed by atoms with E-state index in [4.69, 9.17) is 0 Å². The Morgan fingerprint density at radius 1 is 0.935 bits per heavy atom. The summed E-state index contributed by atoms with van der Waals surface area (Å²) in [6.45, 7) is -0.467. The van der Waals surface area contributed by atoms with Gasteiger partial charge < -0.3 is 15.7 Å². The zero-order valence-electron chi connectivity index (χ0n) is 18.2. The maximum Gasteiger partial charge on any atom is 0.272 e. The maximum absolute atomic E-state index is 12.8. The summed E-state index contributed by atoms with van der Waals surface area (Å²) in [7, 11) is 0. The molecule has 2 aromatic rings. The molecule has 0 unspecified atom stereocenters. The van der Waals surface area contributed by atoms with Crippen LogP contribution in [-0.2, 0) is 4.79 Å². The van der Waals surface area contributed by atoms with Crippen LogP contribution in [0.3, 0.4) is 0 Å². The number of nitrogens with zero attached hydrogens (tertiary/aromatic N) is 2. The third-order valence-electron chi connectivity index (χ3n) is 5.94. The minimum atomic E-state index is -1.01. The first-order valence-corrected chi connectivity index (χ1v) is 11.6. The van der Waals surface area contributed by atoms with E-state index in [2.05, 4.69) is 20.6 Å². The normalized spacial score (nSPS) is 17.8. The van der Waals surface area contributed by atoms with Crippen LogP contribution in [0.4, 0.5) is 0 Å². The number of hydrogen-bond donors (Lipinski definition) is 3. The van der Waals surface area contributed by atoms with Crippen molar-refractivity contribution in [3.05, 3.63) is 36.2 Å². The molecule has 1 saturated carbocycles. The van der Waals surface area contributed by atoms with Gasteiger partial charge >= 0.3 is 0 Å². The summed E-state index contributed by atoms with van der Waals surface area (Å²) < 4.78 is 0. The Morgan fingerprint density at radius 3 is 2.13 bits per heavy atom. The number of carbonyl (C=O) groups excluding carboxylic acids is 2. The van der Waals surface area contributed by atoms with Crippen LogP contribution in [-0.4, -0.2) is 45.6 Å². The van der Waals surface area contributed by atoms with E-state index in [1.165, 1.54) is 51.1 Å². The molecule has 1 aliphatic carbocycles.